The molecule has 0 aliphatic carbocycles. The quantitative estimate of drug-likeness (QED) is 0.635. The first-order chi connectivity index (χ1) is 9.05. The third-order valence-corrected chi connectivity index (χ3v) is 5.58. The average Bonchev–Trinajstić information content (AvgIpc) is 2.85. The summed E-state index contributed by atoms with van der Waals surface area (Å²) in [4.78, 5) is 2.80. The van der Waals surface area contributed by atoms with Gasteiger partial charge >= 0.3 is 0 Å². The van der Waals surface area contributed by atoms with Gasteiger partial charge in [0.05, 0.1) is 0 Å². The number of likely N-dealkylation sites (tertiary alicyclic amines) is 1. The first-order valence-electron chi connectivity index (χ1n) is 8.51. The van der Waals surface area contributed by atoms with Gasteiger partial charge in [-0.1, -0.05) is 34.1 Å². The largest absolute Gasteiger partial charge is 0.317 e. The van der Waals surface area contributed by atoms with E-state index in [9.17, 15) is 0 Å². The minimum absolute atomic E-state index is 0.434. The smallest absolute Gasteiger partial charge is 0.0178 e. The van der Waals surface area contributed by atoms with Crippen molar-refractivity contribution in [3.05, 3.63) is 0 Å². The zero-order valence-corrected chi connectivity index (χ0v) is 14.0. The normalized spacial score (nSPS) is 27.6. The fraction of sp³-hybridized carbons (Fsp3) is 1.00. The van der Waals surface area contributed by atoms with E-state index in [1.165, 1.54) is 58.2 Å². The summed E-state index contributed by atoms with van der Waals surface area (Å²) < 4.78 is 0. The number of rotatable bonds is 9. The summed E-state index contributed by atoms with van der Waals surface area (Å²) in [6, 6.07) is 0. The minimum Gasteiger partial charge on any atom is -0.317 e. The molecule has 19 heavy (non-hydrogen) atoms. The second-order valence-corrected chi connectivity index (χ2v) is 6.73. The molecule has 1 aliphatic rings. The van der Waals surface area contributed by atoms with Crippen LogP contribution in [-0.4, -0.2) is 36.6 Å². The fourth-order valence-corrected chi connectivity index (χ4v) is 3.69. The van der Waals surface area contributed by atoms with Crippen LogP contribution in [0.2, 0.25) is 0 Å². The van der Waals surface area contributed by atoms with E-state index in [1.54, 1.807) is 0 Å². The van der Waals surface area contributed by atoms with Crippen molar-refractivity contribution in [2.24, 2.45) is 5.41 Å². The topological polar surface area (TPSA) is 15.3 Å². The second kappa shape index (κ2) is 7.64. The van der Waals surface area contributed by atoms with Gasteiger partial charge in [-0.2, -0.15) is 0 Å². The zero-order chi connectivity index (χ0) is 14.4. The molecular weight excluding hydrogens is 232 g/mol. The van der Waals surface area contributed by atoms with Crippen LogP contribution in [0.3, 0.4) is 0 Å². The van der Waals surface area contributed by atoms with E-state index in [4.69, 9.17) is 0 Å². The van der Waals surface area contributed by atoms with Crippen LogP contribution < -0.4 is 5.32 Å². The highest BCUT2D eigenvalue weighted by Crippen LogP contribution is 2.41. The van der Waals surface area contributed by atoms with Gasteiger partial charge < -0.3 is 5.32 Å². The lowest BCUT2D eigenvalue weighted by Gasteiger charge is -2.40. The van der Waals surface area contributed by atoms with Crippen molar-refractivity contribution in [3.63, 3.8) is 0 Å². The standard InChI is InChI=1S/C17H36N2/c1-6-10-16(5,7-2)19-14-12-17(8-3,15-19)11-13-18-9-4/h18H,6-15H2,1-5H3. The number of hydrogen-bond donors (Lipinski definition) is 1. The summed E-state index contributed by atoms with van der Waals surface area (Å²) in [6.45, 7) is 16.7. The predicted molar refractivity (Wildman–Crippen MR) is 85.7 cm³/mol. The third-order valence-electron chi connectivity index (χ3n) is 5.58. The van der Waals surface area contributed by atoms with E-state index in [1.807, 2.05) is 0 Å². The molecule has 0 aromatic rings. The van der Waals surface area contributed by atoms with E-state index in [0.717, 1.165) is 6.54 Å². The average molecular weight is 268 g/mol. The van der Waals surface area contributed by atoms with Crippen molar-refractivity contribution >= 4 is 0 Å². The molecule has 2 unspecified atom stereocenters. The van der Waals surface area contributed by atoms with E-state index < -0.39 is 0 Å². The van der Waals surface area contributed by atoms with Crippen LogP contribution in [0, 0.1) is 5.41 Å². The van der Waals surface area contributed by atoms with E-state index in [2.05, 4.69) is 44.8 Å². The van der Waals surface area contributed by atoms with E-state index in [0.29, 0.717) is 11.0 Å². The Balaban J connectivity index is 2.62. The highest BCUT2D eigenvalue weighted by Gasteiger charge is 2.42. The van der Waals surface area contributed by atoms with Crippen molar-refractivity contribution < 1.29 is 0 Å². The minimum atomic E-state index is 0.434. The lowest BCUT2D eigenvalue weighted by atomic mass is 9.80. The molecular formula is C17H36N2. The van der Waals surface area contributed by atoms with Crippen LogP contribution in [0.5, 0.6) is 0 Å². The van der Waals surface area contributed by atoms with Crippen LogP contribution in [0.1, 0.15) is 73.1 Å². The van der Waals surface area contributed by atoms with Crippen LogP contribution >= 0.6 is 0 Å². The molecule has 1 N–H and O–H groups in total. The second-order valence-electron chi connectivity index (χ2n) is 6.73. The molecule has 0 aromatic heterocycles. The molecule has 0 bridgehead atoms. The SMILES string of the molecule is CCCC(C)(CC)N1CCC(CC)(CCNCC)C1. The molecule has 0 amide bonds. The lowest BCUT2D eigenvalue weighted by molar-refractivity contribution is 0.0972. The summed E-state index contributed by atoms with van der Waals surface area (Å²) in [5.41, 5.74) is 1.01. The van der Waals surface area contributed by atoms with Crippen molar-refractivity contribution in [2.75, 3.05) is 26.2 Å². The van der Waals surface area contributed by atoms with Crippen LogP contribution in [0.15, 0.2) is 0 Å². The predicted octanol–water partition coefficient (Wildman–Crippen LogP) is 4.06. The molecule has 2 atom stereocenters. The molecule has 2 heteroatoms. The molecule has 0 spiro atoms. The maximum Gasteiger partial charge on any atom is 0.0178 e. The van der Waals surface area contributed by atoms with Gasteiger partial charge in [-0.05, 0) is 64.1 Å². The molecule has 1 saturated heterocycles. The Morgan fingerprint density at radius 2 is 1.95 bits per heavy atom. The third kappa shape index (κ3) is 4.19. The van der Waals surface area contributed by atoms with Gasteiger partial charge in [-0.25, -0.2) is 0 Å². The van der Waals surface area contributed by atoms with Crippen molar-refractivity contribution in [3.8, 4) is 0 Å². The molecule has 1 aliphatic heterocycles. The lowest BCUT2D eigenvalue weighted by Crippen LogP contribution is -2.45. The van der Waals surface area contributed by atoms with E-state index >= 15 is 0 Å². The molecule has 114 valence electrons. The Bertz CT molecular complexity index is 254. The maximum absolute atomic E-state index is 3.51. The fourth-order valence-electron chi connectivity index (χ4n) is 3.69. The number of nitrogens with one attached hydrogen (secondary N) is 1. The molecule has 0 saturated carbocycles. The molecule has 0 aromatic carbocycles. The molecule has 1 rings (SSSR count). The van der Waals surface area contributed by atoms with Gasteiger partial charge in [0.25, 0.3) is 0 Å². The maximum atomic E-state index is 3.51. The highest BCUT2D eigenvalue weighted by molar-refractivity contribution is 4.96. The van der Waals surface area contributed by atoms with Crippen molar-refractivity contribution in [2.45, 2.75) is 78.7 Å². The molecule has 1 heterocycles. The Morgan fingerprint density at radius 1 is 1.21 bits per heavy atom. The van der Waals surface area contributed by atoms with E-state index in [-0.39, 0.29) is 0 Å². The number of nitrogens with zero attached hydrogens (tertiary/aromatic N) is 1. The van der Waals surface area contributed by atoms with Crippen molar-refractivity contribution in [1.82, 2.24) is 10.2 Å². The molecule has 1 fully saturated rings. The zero-order valence-electron chi connectivity index (χ0n) is 14.0. The van der Waals surface area contributed by atoms with Gasteiger partial charge in [-0.3, -0.25) is 4.90 Å². The van der Waals surface area contributed by atoms with Gasteiger partial charge in [0.1, 0.15) is 0 Å². The Morgan fingerprint density at radius 3 is 2.47 bits per heavy atom. The first-order valence-corrected chi connectivity index (χ1v) is 8.51. The summed E-state index contributed by atoms with van der Waals surface area (Å²) >= 11 is 0. The molecule has 2 nitrogen and oxygen atoms in total. The van der Waals surface area contributed by atoms with Crippen molar-refractivity contribution in [1.29, 1.82) is 0 Å². The Hall–Kier alpha value is -0.0800. The van der Waals surface area contributed by atoms with Crippen LogP contribution in [0.25, 0.3) is 0 Å². The van der Waals surface area contributed by atoms with Crippen LogP contribution in [-0.2, 0) is 0 Å². The monoisotopic (exact) mass is 268 g/mol. The van der Waals surface area contributed by atoms with Crippen LogP contribution in [0.4, 0.5) is 0 Å². The highest BCUT2D eigenvalue weighted by atomic mass is 15.2. The van der Waals surface area contributed by atoms with Gasteiger partial charge in [0.2, 0.25) is 0 Å². The summed E-state index contributed by atoms with van der Waals surface area (Å²) in [5, 5.41) is 3.51. The summed E-state index contributed by atoms with van der Waals surface area (Å²) in [6.07, 6.45) is 8.01. The first kappa shape index (κ1) is 17.0. The van der Waals surface area contributed by atoms with Gasteiger partial charge in [0.15, 0.2) is 0 Å². The van der Waals surface area contributed by atoms with Gasteiger partial charge in [-0.15, -0.1) is 0 Å². The summed E-state index contributed by atoms with van der Waals surface area (Å²) in [7, 11) is 0. The summed E-state index contributed by atoms with van der Waals surface area (Å²) in [5.74, 6) is 0. The van der Waals surface area contributed by atoms with Gasteiger partial charge in [0, 0.05) is 12.1 Å². The Labute approximate surface area is 121 Å². The number of hydrogen-bond acceptors (Lipinski definition) is 2. The Kier molecular flexibility index (Phi) is 6.82. The molecule has 0 radical (unpaired) electrons.